The molecule has 1 fully saturated rings. The van der Waals surface area contributed by atoms with Crippen LogP contribution in [0.5, 0.6) is 5.75 Å². The van der Waals surface area contributed by atoms with Crippen LogP contribution in [0.1, 0.15) is 70.8 Å². The molecule has 1 aromatic carbocycles. The summed E-state index contributed by atoms with van der Waals surface area (Å²) in [6.07, 6.45) is 6.20. The van der Waals surface area contributed by atoms with Gasteiger partial charge in [-0.2, -0.15) is 0 Å². The van der Waals surface area contributed by atoms with Crippen LogP contribution in [0, 0.1) is 11.8 Å². The topological polar surface area (TPSA) is 83.8 Å². The number of carboxylic acids is 1. The minimum absolute atomic E-state index is 0.0760. The maximum absolute atomic E-state index is 12.2. The van der Waals surface area contributed by atoms with Crippen molar-refractivity contribution in [1.29, 1.82) is 0 Å². The lowest BCUT2D eigenvalue weighted by Gasteiger charge is -2.23. The van der Waals surface area contributed by atoms with Crippen LogP contribution in [-0.4, -0.2) is 35.2 Å². The molecule has 1 saturated carbocycles. The zero-order valence-electron chi connectivity index (χ0n) is 17.2. The maximum atomic E-state index is 12.2. The summed E-state index contributed by atoms with van der Waals surface area (Å²) in [5.74, 6) is 0.742. The highest BCUT2D eigenvalue weighted by Gasteiger charge is 2.34. The fourth-order valence-corrected chi connectivity index (χ4v) is 3.86. The van der Waals surface area contributed by atoms with E-state index in [4.69, 9.17) is 9.84 Å². The number of Topliss-reactive ketones (excluding diaryl/α,β-unsaturated/α-hetero) is 1. The van der Waals surface area contributed by atoms with E-state index in [1.165, 1.54) is 0 Å². The number of unbranched alkanes of at least 4 members (excludes halogenated alkanes) is 3. The van der Waals surface area contributed by atoms with E-state index in [2.05, 4.69) is 0 Å². The zero-order chi connectivity index (χ0) is 20.6. The van der Waals surface area contributed by atoms with Crippen molar-refractivity contribution in [2.24, 2.45) is 11.8 Å². The van der Waals surface area contributed by atoms with Crippen LogP contribution in [0.15, 0.2) is 24.3 Å². The number of ether oxygens (including phenoxy) is 1. The third-order valence-electron chi connectivity index (χ3n) is 5.90. The number of rotatable bonds is 12. The molecule has 1 aromatic rings. The van der Waals surface area contributed by atoms with Gasteiger partial charge in [-0.25, -0.2) is 0 Å². The van der Waals surface area contributed by atoms with E-state index in [0.717, 1.165) is 43.4 Å². The summed E-state index contributed by atoms with van der Waals surface area (Å²) in [4.78, 5) is 22.8. The first-order valence-electron chi connectivity index (χ1n) is 10.4. The highest BCUT2D eigenvalue weighted by molar-refractivity contribution is 5.83. The number of hydrogen-bond donors (Lipinski definition) is 2. The lowest BCUT2D eigenvalue weighted by atomic mass is 9.86. The van der Waals surface area contributed by atoms with Crippen molar-refractivity contribution in [3.8, 4) is 5.75 Å². The minimum Gasteiger partial charge on any atom is -0.493 e. The third-order valence-corrected chi connectivity index (χ3v) is 5.90. The molecule has 1 aliphatic rings. The van der Waals surface area contributed by atoms with Crippen molar-refractivity contribution >= 4 is 11.8 Å². The van der Waals surface area contributed by atoms with Gasteiger partial charge < -0.3 is 14.9 Å². The van der Waals surface area contributed by atoms with E-state index >= 15 is 0 Å². The molecule has 156 valence electrons. The maximum Gasteiger partial charge on any atom is 0.303 e. The Bertz CT molecular complexity index is 635. The standard InChI is InChI=1S/C23H34O5/c1-23(2,16-24)18-10-12-19(13-11-18)28-15-17-9-14-21(25)20(17)7-5-3-4-6-8-22(26)27/h10-13,17,20,24H,3-9,14-16H2,1-2H3,(H,26,27)/t17-,20-/m1/s1. The lowest BCUT2D eigenvalue weighted by molar-refractivity contribution is -0.137. The number of aliphatic carboxylic acids is 1. The predicted octanol–water partition coefficient (Wildman–Crippen LogP) is 4.36. The van der Waals surface area contributed by atoms with E-state index in [9.17, 15) is 14.7 Å². The molecule has 2 atom stereocenters. The van der Waals surface area contributed by atoms with Gasteiger partial charge in [-0.05, 0) is 37.0 Å². The average Bonchev–Trinajstić information content (AvgIpc) is 3.02. The summed E-state index contributed by atoms with van der Waals surface area (Å²) in [7, 11) is 0. The van der Waals surface area contributed by atoms with Gasteiger partial charge in [-0.15, -0.1) is 0 Å². The Hall–Kier alpha value is -1.88. The second kappa shape index (κ2) is 10.6. The van der Waals surface area contributed by atoms with Crippen molar-refractivity contribution in [3.63, 3.8) is 0 Å². The van der Waals surface area contributed by atoms with E-state index in [1.54, 1.807) is 0 Å². The third kappa shape index (κ3) is 6.62. The van der Waals surface area contributed by atoms with Crippen molar-refractivity contribution in [1.82, 2.24) is 0 Å². The number of carbonyl (C=O) groups is 2. The van der Waals surface area contributed by atoms with Gasteiger partial charge in [0.2, 0.25) is 0 Å². The first-order valence-corrected chi connectivity index (χ1v) is 10.4. The highest BCUT2D eigenvalue weighted by Crippen LogP contribution is 2.33. The van der Waals surface area contributed by atoms with Gasteiger partial charge in [-0.3, -0.25) is 9.59 Å². The van der Waals surface area contributed by atoms with Gasteiger partial charge in [0.05, 0.1) is 13.2 Å². The normalized spacial score (nSPS) is 19.8. The summed E-state index contributed by atoms with van der Waals surface area (Å²) in [6.45, 7) is 4.64. The van der Waals surface area contributed by atoms with Gasteiger partial charge in [-0.1, -0.05) is 45.2 Å². The van der Waals surface area contributed by atoms with Gasteiger partial charge in [0.15, 0.2) is 0 Å². The average molecular weight is 391 g/mol. The Kier molecular flexibility index (Phi) is 8.49. The van der Waals surface area contributed by atoms with E-state index in [1.807, 2.05) is 38.1 Å². The van der Waals surface area contributed by atoms with Crippen LogP contribution in [-0.2, 0) is 15.0 Å². The molecule has 0 amide bonds. The Balaban J connectivity index is 1.77. The largest absolute Gasteiger partial charge is 0.493 e. The number of benzene rings is 1. The quantitative estimate of drug-likeness (QED) is 0.518. The van der Waals surface area contributed by atoms with Gasteiger partial charge >= 0.3 is 5.97 Å². The van der Waals surface area contributed by atoms with Crippen molar-refractivity contribution in [2.45, 2.75) is 70.6 Å². The predicted molar refractivity (Wildman–Crippen MR) is 109 cm³/mol. The number of aliphatic hydroxyl groups is 1. The first kappa shape index (κ1) is 22.4. The molecule has 5 heteroatoms. The molecule has 0 heterocycles. The van der Waals surface area contributed by atoms with Crippen molar-refractivity contribution in [2.75, 3.05) is 13.2 Å². The van der Waals surface area contributed by atoms with Crippen molar-refractivity contribution < 1.29 is 24.5 Å². The molecule has 5 nitrogen and oxygen atoms in total. The van der Waals surface area contributed by atoms with Crippen LogP contribution in [0.25, 0.3) is 0 Å². The Morgan fingerprint density at radius 1 is 1.14 bits per heavy atom. The second-order valence-electron chi connectivity index (χ2n) is 8.60. The molecule has 0 spiro atoms. The summed E-state index contributed by atoms with van der Waals surface area (Å²) in [6, 6.07) is 7.84. The van der Waals surface area contributed by atoms with Crippen LogP contribution < -0.4 is 4.74 Å². The molecule has 0 aromatic heterocycles. The minimum atomic E-state index is -0.740. The lowest BCUT2D eigenvalue weighted by Crippen LogP contribution is -2.22. The van der Waals surface area contributed by atoms with E-state index in [0.29, 0.717) is 25.2 Å². The molecule has 2 rings (SSSR count). The highest BCUT2D eigenvalue weighted by atomic mass is 16.5. The molecule has 0 radical (unpaired) electrons. The summed E-state index contributed by atoms with van der Waals surface area (Å²) in [5, 5.41) is 18.1. The summed E-state index contributed by atoms with van der Waals surface area (Å²) >= 11 is 0. The molecule has 0 bridgehead atoms. The van der Waals surface area contributed by atoms with Gasteiger partial charge in [0.1, 0.15) is 11.5 Å². The fraction of sp³-hybridized carbons (Fsp3) is 0.652. The van der Waals surface area contributed by atoms with Crippen LogP contribution in [0.3, 0.4) is 0 Å². The second-order valence-corrected chi connectivity index (χ2v) is 8.60. The van der Waals surface area contributed by atoms with Crippen molar-refractivity contribution in [3.05, 3.63) is 29.8 Å². The smallest absolute Gasteiger partial charge is 0.303 e. The van der Waals surface area contributed by atoms with E-state index in [-0.39, 0.29) is 30.3 Å². The van der Waals surface area contributed by atoms with Crippen LogP contribution >= 0.6 is 0 Å². The molecular formula is C23H34O5. The molecule has 0 aliphatic heterocycles. The monoisotopic (exact) mass is 390 g/mol. The molecule has 2 N–H and O–H groups in total. The summed E-state index contributed by atoms with van der Waals surface area (Å²) < 4.78 is 5.96. The number of hydrogen-bond acceptors (Lipinski definition) is 4. The Labute approximate surface area is 168 Å². The molecular weight excluding hydrogens is 356 g/mol. The Morgan fingerprint density at radius 2 is 1.82 bits per heavy atom. The van der Waals surface area contributed by atoms with Gasteiger partial charge in [0, 0.05) is 30.1 Å². The van der Waals surface area contributed by atoms with Gasteiger partial charge in [0.25, 0.3) is 0 Å². The Morgan fingerprint density at radius 3 is 2.46 bits per heavy atom. The zero-order valence-corrected chi connectivity index (χ0v) is 17.2. The SMILES string of the molecule is CC(C)(CO)c1ccc(OC[C@H]2CCC(=O)[C@@H]2CCCCCCC(=O)O)cc1. The first-order chi connectivity index (χ1) is 13.3. The van der Waals surface area contributed by atoms with Crippen LogP contribution in [0.2, 0.25) is 0 Å². The molecule has 0 saturated heterocycles. The number of aliphatic hydroxyl groups excluding tert-OH is 1. The summed E-state index contributed by atoms with van der Waals surface area (Å²) in [5.41, 5.74) is 0.797. The molecule has 28 heavy (non-hydrogen) atoms. The number of carbonyl (C=O) groups excluding carboxylic acids is 1. The molecule has 0 unspecified atom stereocenters. The van der Waals surface area contributed by atoms with E-state index < -0.39 is 5.97 Å². The number of ketones is 1. The van der Waals surface area contributed by atoms with Crippen LogP contribution in [0.4, 0.5) is 0 Å². The molecule has 1 aliphatic carbocycles. The fourth-order valence-electron chi connectivity index (χ4n) is 3.86. The number of carboxylic acid groups (broad SMARTS) is 1.